The molecular weight excluding hydrogens is 182 g/mol. The average Bonchev–Trinajstić information content (AvgIpc) is 2.15. The molecule has 1 amide bonds. The molecule has 0 aromatic rings. The Morgan fingerprint density at radius 1 is 1.64 bits per heavy atom. The first kappa shape index (κ1) is 13.1. The summed E-state index contributed by atoms with van der Waals surface area (Å²) < 4.78 is 4.77. The third-order valence-electron chi connectivity index (χ3n) is 1.96. The Bertz CT molecular complexity index is 213. The van der Waals surface area contributed by atoms with Crippen LogP contribution in [0.25, 0.3) is 0 Å². The van der Waals surface area contributed by atoms with Crippen molar-refractivity contribution in [3.05, 3.63) is 11.6 Å². The number of likely N-dealkylation sites (N-methyl/N-ethyl adjacent to an activating group) is 1. The molecule has 0 aliphatic rings. The van der Waals surface area contributed by atoms with Gasteiger partial charge < -0.3 is 14.7 Å². The average molecular weight is 201 g/mol. The van der Waals surface area contributed by atoms with E-state index >= 15 is 0 Å². The molecule has 1 N–H and O–H groups in total. The van der Waals surface area contributed by atoms with Gasteiger partial charge in [-0.3, -0.25) is 4.79 Å². The number of aliphatic hydroxyl groups is 1. The normalized spacial score (nSPS) is 13.9. The van der Waals surface area contributed by atoms with Crippen LogP contribution in [0.2, 0.25) is 0 Å². The number of hydrogen-bond acceptors (Lipinski definition) is 3. The van der Waals surface area contributed by atoms with Crippen LogP contribution in [0.4, 0.5) is 0 Å². The van der Waals surface area contributed by atoms with Gasteiger partial charge in [0.25, 0.3) is 0 Å². The first-order valence-electron chi connectivity index (χ1n) is 4.58. The van der Waals surface area contributed by atoms with Gasteiger partial charge >= 0.3 is 0 Å². The van der Waals surface area contributed by atoms with Crippen molar-refractivity contribution in [1.82, 2.24) is 4.90 Å². The number of hydrogen-bond donors (Lipinski definition) is 1. The summed E-state index contributed by atoms with van der Waals surface area (Å²) in [6, 6.07) is 0. The van der Waals surface area contributed by atoms with Gasteiger partial charge in [0.15, 0.2) is 0 Å². The molecule has 0 spiro atoms. The van der Waals surface area contributed by atoms with E-state index in [1.54, 1.807) is 20.0 Å². The van der Waals surface area contributed by atoms with Gasteiger partial charge in [-0.15, -0.1) is 0 Å². The standard InChI is InChI=1S/C10H19NO3/c1-5-8(2)10(13)11(3)6-9(12)7-14-4/h5,9,12H,6-7H2,1-4H3. The molecule has 0 radical (unpaired) electrons. The van der Waals surface area contributed by atoms with Crippen LogP contribution in [0.5, 0.6) is 0 Å². The zero-order chi connectivity index (χ0) is 11.1. The lowest BCUT2D eigenvalue weighted by molar-refractivity contribution is -0.127. The molecule has 4 heteroatoms. The predicted molar refractivity (Wildman–Crippen MR) is 55.0 cm³/mol. The van der Waals surface area contributed by atoms with Crippen LogP contribution in [0, 0.1) is 0 Å². The van der Waals surface area contributed by atoms with Crippen molar-refractivity contribution in [2.24, 2.45) is 0 Å². The Morgan fingerprint density at radius 2 is 2.21 bits per heavy atom. The molecule has 1 atom stereocenters. The van der Waals surface area contributed by atoms with Gasteiger partial charge in [-0.1, -0.05) is 6.08 Å². The second-order valence-electron chi connectivity index (χ2n) is 3.27. The van der Waals surface area contributed by atoms with Gasteiger partial charge in [0.05, 0.1) is 12.7 Å². The molecule has 14 heavy (non-hydrogen) atoms. The van der Waals surface area contributed by atoms with Crippen LogP contribution in [-0.4, -0.2) is 49.3 Å². The minimum absolute atomic E-state index is 0.0670. The molecule has 82 valence electrons. The summed E-state index contributed by atoms with van der Waals surface area (Å²) in [6.07, 6.45) is 1.13. The van der Waals surface area contributed by atoms with E-state index in [0.717, 1.165) is 0 Å². The number of amides is 1. The zero-order valence-corrected chi connectivity index (χ0v) is 9.28. The second-order valence-corrected chi connectivity index (χ2v) is 3.27. The minimum Gasteiger partial charge on any atom is -0.389 e. The van der Waals surface area contributed by atoms with Crippen LogP contribution in [-0.2, 0) is 9.53 Å². The molecular formula is C10H19NO3. The molecule has 0 rings (SSSR count). The number of rotatable bonds is 5. The van der Waals surface area contributed by atoms with Crippen molar-refractivity contribution >= 4 is 5.91 Å². The zero-order valence-electron chi connectivity index (χ0n) is 9.28. The summed E-state index contributed by atoms with van der Waals surface area (Å²) in [5.74, 6) is -0.0670. The Kier molecular flexibility index (Phi) is 6.16. The minimum atomic E-state index is -0.626. The fourth-order valence-electron chi connectivity index (χ4n) is 1.07. The molecule has 0 fully saturated rings. The van der Waals surface area contributed by atoms with Crippen molar-refractivity contribution in [3.8, 4) is 0 Å². The summed E-state index contributed by atoms with van der Waals surface area (Å²) in [6.45, 7) is 4.10. The Hall–Kier alpha value is -0.870. The first-order chi connectivity index (χ1) is 6.52. The molecule has 0 heterocycles. The van der Waals surface area contributed by atoms with Gasteiger partial charge in [0.1, 0.15) is 0 Å². The summed E-state index contributed by atoms with van der Waals surface area (Å²) in [4.78, 5) is 13.0. The van der Waals surface area contributed by atoms with E-state index in [1.807, 2.05) is 6.92 Å². The quantitative estimate of drug-likeness (QED) is 0.656. The molecule has 0 aromatic heterocycles. The van der Waals surface area contributed by atoms with E-state index in [0.29, 0.717) is 5.57 Å². The highest BCUT2D eigenvalue weighted by Crippen LogP contribution is 2.00. The maximum Gasteiger partial charge on any atom is 0.248 e. The van der Waals surface area contributed by atoms with E-state index in [9.17, 15) is 9.90 Å². The monoisotopic (exact) mass is 201 g/mol. The van der Waals surface area contributed by atoms with E-state index in [4.69, 9.17) is 4.74 Å². The Balaban J connectivity index is 4.07. The molecule has 0 bridgehead atoms. The highest BCUT2D eigenvalue weighted by atomic mass is 16.5. The lowest BCUT2D eigenvalue weighted by Crippen LogP contribution is -2.36. The maximum absolute atomic E-state index is 11.5. The molecule has 0 saturated heterocycles. The fraction of sp³-hybridized carbons (Fsp3) is 0.700. The number of ether oxygens (including phenoxy) is 1. The molecule has 4 nitrogen and oxygen atoms in total. The fourth-order valence-corrected chi connectivity index (χ4v) is 1.07. The van der Waals surface area contributed by atoms with Crippen LogP contribution in [0.1, 0.15) is 13.8 Å². The second kappa shape index (κ2) is 6.56. The van der Waals surface area contributed by atoms with Crippen LogP contribution in [0.15, 0.2) is 11.6 Å². The van der Waals surface area contributed by atoms with Gasteiger partial charge in [0.2, 0.25) is 5.91 Å². The van der Waals surface area contributed by atoms with Crippen LogP contribution in [0.3, 0.4) is 0 Å². The van der Waals surface area contributed by atoms with Crippen molar-refractivity contribution in [1.29, 1.82) is 0 Å². The van der Waals surface area contributed by atoms with Gasteiger partial charge in [-0.2, -0.15) is 0 Å². The van der Waals surface area contributed by atoms with Gasteiger partial charge in [-0.05, 0) is 13.8 Å². The molecule has 0 saturated carbocycles. The summed E-state index contributed by atoms with van der Waals surface area (Å²) >= 11 is 0. The Labute approximate surface area is 85.2 Å². The van der Waals surface area contributed by atoms with Crippen molar-refractivity contribution in [2.45, 2.75) is 20.0 Å². The number of aliphatic hydroxyl groups excluding tert-OH is 1. The van der Waals surface area contributed by atoms with Crippen LogP contribution < -0.4 is 0 Å². The third-order valence-corrected chi connectivity index (χ3v) is 1.96. The van der Waals surface area contributed by atoms with Crippen molar-refractivity contribution < 1.29 is 14.6 Å². The van der Waals surface area contributed by atoms with Gasteiger partial charge in [0, 0.05) is 26.3 Å². The molecule has 0 aromatic carbocycles. The van der Waals surface area contributed by atoms with Crippen LogP contribution >= 0.6 is 0 Å². The number of carbonyl (C=O) groups is 1. The van der Waals surface area contributed by atoms with E-state index in [2.05, 4.69) is 0 Å². The van der Waals surface area contributed by atoms with Crippen molar-refractivity contribution in [2.75, 3.05) is 27.3 Å². The summed E-state index contributed by atoms with van der Waals surface area (Å²) in [7, 11) is 3.18. The molecule has 0 aliphatic heterocycles. The highest BCUT2D eigenvalue weighted by molar-refractivity contribution is 5.92. The molecule has 0 aliphatic carbocycles. The van der Waals surface area contributed by atoms with E-state index in [1.165, 1.54) is 12.0 Å². The Morgan fingerprint density at radius 3 is 2.64 bits per heavy atom. The van der Waals surface area contributed by atoms with Crippen molar-refractivity contribution in [3.63, 3.8) is 0 Å². The number of carbonyl (C=O) groups excluding carboxylic acids is 1. The lowest BCUT2D eigenvalue weighted by Gasteiger charge is -2.20. The van der Waals surface area contributed by atoms with E-state index in [-0.39, 0.29) is 19.1 Å². The summed E-state index contributed by atoms with van der Waals surface area (Å²) in [5, 5.41) is 9.38. The largest absolute Gasteiger partial charge is 0.389 e. The lowest BCUT2D eigenvalue weighted by atomic mass is 10.2. The van der Waals surface area contributed by atoms with E-state index < -0.39 is 6.10 Å². The maximum atomic E-state index is 11.5. The predicted octanol–water partition coefficient (Wildman–Crippen LogP) is 0.418. The highest BCUT2D eigenvalue weighted by Gasteiger charge is 2.14. The smallest absolute Gasteiger partial charge is 0.248 e. The number of allylic oxidation sites excluding steroid dienone is 1. The molecule has 1 unspecified atom stereocenters. The summed E-state index contributed by atoms with van der Waals surface area (Å²) in [5.41, 5.74) is 0.678. The first-order valence-corrected chi connectivity index (χ1v) is 4.58. The number of methoxy groups -OCH3 is 1. The topological polar surface area (TPSA) is 49.8 Å². The SMILES string of the molecule is CC=C(C)C(=O)N(C)CC(O)COC. The number of nitrogens with zero attached hydrogens (tertiary/aromatic N) is 1. The third kappa shape index (κ3) is 4.39. The van der Waals surface area contributed by atoms with Gasteiger partial charge in [-0.25, -0.2) is 0 Å².